The Morgan fingerprint density at radius 2 is 1.80 bits per heavy atom. The van der Waals surface area contributed by atoms with Crippen LogP contribution in [0.25, 0.3) is 0 Å². The molecule has 2 heteroatoms. The second-order valence-corrected chi connectivity index (χ2v) is 5.66. The van der Waals surface area contributed by atoms with E-state index in [-0.39, 0.29) is 5.54 Å². The van der Waals surface area contributed by atoms with Crippen molar-refractivity contribution in [2.75, 3.05) is 13.2 Å². The summed E-state index contributed by atoms with van der Waals surface area (Å²) in [5, 5.41) is 0. The molecule has 2 N–H and O–H groups in total. The zero-order valence-corrected chi connectivity index (χ0v) is 10.2. The van der Waals surface area contributed by atoms with Gasteiger partial charge in [0.15, 0.2) is 0 Å². The van der Waals surface area contributed by atoms with Gasteiger partial charge in [-0.3, -0.25) is 0 Å². The van der Waals surface area contributed by atoms with Crippen LogP contribution in [-0.2, 0) is 4.74 Å². The van der Waals surface area contributed by atoms with Crippen LogP contribution in [-0.4, -0.2) is 18.8 Å². The summed E-state index contributed by atoms with van der Waals surface area (Å²) in [6.07, 6.45) is 6.26. The first-order chi connectivity index (χ1) is 7.14. The number of hydrogen-bond acceptors (Lipinski definition) is 2. The van der Waals surface area contributed by atoms with E-state index in [4.69, 9.17) is 10.5 Å². The van der Waals surface area contributed by atoms with E-state index in [9.17, 15) is 0 Å². The highest BCUT2D eigenvalue weighted by atomic mass is 16.5. The molecule has 1 saturated heterocycles. The Morgan fingerprint density at radius 1 is 1.13 bits per heavy atom. The van der Waals surface area contributed by atoms with Crippen LogP contribution in [0, 0.1) is 17.8 Å². The van der Waals surface area contributed by atoms with E-state index >= 15 is 0 Å². The second-order valence-electron chi connectivity index (χ2n) is 5.66. The number of hydrogen-bond donors (Lipinski definition) is 1. The van der Waals surface area contributed by atoms with Crippen molar-refractivity contribution >= 4 is 0 Å². The maximum Gasteiger partial charge on any atom is 0.0469 e. The van der Waals surface area contributed by atoms with Gasteiger partial charge in [-0.25, -0.2) is 0 Å². The number of ether oxygens (including phenoxy) is 1. The first-order valence-electron chi connectivity index (χ1n) is 6.51. The van der Waals surface area contributed by atoms with Crippen LogP contribution in [0.4, 0.5) is 0 Å². The van der Waals surface area contributed by atoms with Gasteiger partial charge in [-0.15, -0.1) is 0 Å². The van der Waals surface area contributed by atoms with Gasteiger partial charge in [0.05, 0.1) is 0 Å². The van der Waals surface area contributed by atoms with Crippen molar-refractivity contribution < 1.29 is 4.74 Å². The lowest BCUT2D eigenvalue weighted by Crippen LogP contribution is -2.57. The first-order valence-corrected chi connectivity index (χ1v) is 6.51. The van der Waals surface area contributed by atoms with E-state index in [1.54, 1.807) is 0 Å². The maximum absolute atomic E-state index is 6.71. The summed E-state index contributed by atoms with van der Waals surface area (Å²) in [6.45, 7) is 6.57. The fourth-order valence-electron chi connectivity index (χ4n) is 3.55. The maximum atomic E-state index is 6.71. The summed E-state index contributed by atoms with van der Waals surface area (Å²) in [6, 6.07) is 0. The Hall–Kier alpha value is -0.0800. The van der Waals surface area contributed by atoms with Gasteiger partial charge in [-0.2, -0.15) is 0 Å². The molecule has 0 aromatic heterocycles. The van der Waals surface area contributed by atoms with Crippen molar-refractivity contribution in [3.63, 3.8) is 0 Å². The van der Waals surface area contributed by atoms with Gasteiger partial charge in [-0.1, -0.05) is 26.7 Å². The molecule has 1 saturated carbocycles. The Bertz CT molecular complexity index is 213. The first kappa shape index (κ1) is 11.4. The van der Waals surface area contributed by atoms with Crippen molar-refractivity contribution in [1.29, 1.82) is 0 Å². The van der Waals surface area contributed by atoms with E-state index in [0.29, 0.717) is 11.8 Å². The highest BCUT2D eigenvalue weighted by molar-refractivity contribution is 5.00. The molecular formula is C13H25NO. The lowest BCUT2D eigenvalue weighted by atomic mass is 9.61. The van der Waals surface area contributed by atoms with E-state index in [0.717, 1.165) is 19.1 Å². The van der Waals surface area contributed by atoms with Crippen LogP contribution in [0.15, 0.2) is 0 Å². The predicted octanol–water partition coefficient (Wildman–Crippen LogP) is 2.57. The fourth-order valence-corrected chi connectivity index (χ4v) is 3.55. The molecule has 0 spiro atoms. The van der Waals surface area contributed by atoms with Crippen molar-refractivity contribution in [2.24, 2.45) is 23.5 Å². The van der Waals surface area contributed by atoms with Crippen LogP contribution >= 0.6 is 0 Å². The van der Waals surface area contributed by atoms with Gasteiger partial charge < -0.3 is 10.5 Å². The van der Waals surface area contributed by atoms with Crippen molar-refractivity contribution in [3.8, 4) is 0 Å². The molecule has 15 heavy (non-hydrogen) atoms. The number of rotatable bonds is 1. The summed E-state index contributed by atoms with van der Waals surface area (Å²) in [7, 11) is 0. The minimum absolute atomic E-state index is 0.0987. The monoisotopic (exact) mass is 211 g/mol. The average molecular weight is 211 g/mol. The number of nitrogens with two attached hydrogens (primary N) is 1. The molecule has 0 radical (unpaired) electrons. The second kappa shape index (κ2) is 4.42. The summed E-state index contributed by atoms with van der Waals surface area (Å²) in [5.41, 5.74) is 6.81. The molecule has 0 amide bonds. The Balaban J connectivity index is 2.08. The van der Waals surface area contributed by atoms with Crippen LogP contribution in [0.1, 0.15) is 46.0 Å². The zero-order valence-electron chi connectivity index (χ0n) is 10.2. The summed E-state index contributed by atoms with van der Waals surface area (Å²) < 4.78 is 5.44. The molecule has 2 fully saturated rings. The largest absolute Gasteiger partial charge is 0.381 e. The third kappa shape index (κ3) is 2.07. The smallest absolute Gasteiger partial charge is 0.0469 e. The molecule has 1 aliphatic carbocycles. The molecular weight excluding hydrogens is 186 g/mol. The SMILES string of the molecule is CC1CCCC(N)(C2CCOCC2)C1C. The van der Waals surface area contributed by atoms with Crippen molar-refractivity contribution in [2.45, 2.75) is 51.5 Å². The quantitative estimate of drug-likeness (QED) is 0.723. The Morgan fingerprint density at radius 3 is 2.47 bits per heavy atom. The predicted molar refractivity (Wildman–Crippen MR) is 62.6 cm³/mol. The van der Waals surface area contributed by atoms with E-state index < -0.39 is 0 Å². The molecule has 1 aliphatic heterocycles. The molecule has 0 bridgehead atoms. The lowest BCUT2D eigenvalue weighted by molar-refractivity contribution is -0.000665. The molecule has 3 atom stereocenters. The van der Waals surface area contributed by atoms with Gasteiger partial charge in [0.25, 0.3) is 0 Å². The lowest BCUT2D eigenvalue weighted by Gasteiger charge is -2.49. The molecule has 2 nitrogen and oxygen atoms in total. The normalized spacial score (nSPS) is 44.2. The fraction of sp³-hybridized carbons (Fsp3) is 1.00. The van der Waals surface area contributed by atoms with Crippen molar-refractivity contribution in [3.05, 3.63) is 0 Å². The molecule has 88 valence electrons. The standard InChI is InChI=1S/C13H25NO/c1-10-4-3-7-13(14,11(10)2)12-5-8-15-9-6-12/h10-12H,3-9,14H2,1-2H3. The van der Waals surface area contributed by atoms with Gasteiger partial charge >= 0.3 is 0 Å². The van der Waals surface area contributed by atoms with Gasteiger partial charge in [0, 0.05) is 18.8 Å². The van der Waals surface area contributed by atoms with E-state index in [1.165, 1.54) is 32.1 Å². The zero-order chi connectivity index (χ0) is 10.9. The van der Waals surface area contributed by atoms with E-state index in [1.807, 2.05) is 0 Å². The average Bonchev–Trinajstić information content (AvgIpc) is 2.27. The highest BCUT2D eigenvalue weighted by Crippen LogP contribution is 2.43. The van der Waals surface area contributed by atoms with E-state index in [2.05, 4.69) is 13.8 Å². The third-order valence-corrected chi connectivity index (χ3v) is 4.95. The van der Waals surface area contributed by atoms with Crippen LogP contribution in [0.3, 0.4) is 0 Å². The minimum atomic E-state index is 0.0987. The van der Waals surface area contributed by atoms with Gasteiger partial charge in [-0.05, 0) is 37.0 Å². The molecule has 0 aromatic rings. The Labute approximate surface area is 93.6 Å². The molecule has 1 heterocycles. The minimum Gasteiger partial charge on any atom is -0.381 e. The third-order valence-electron chi connectivity index (χ3n) is 4.95. The topological polar surface area (TPSA) is 35.2 Å². The molecule has 3 unspecified atom stereocenters. The molecule has 2 rings (SSSR count). The Kier molecular flexibility index (Phi) is 3.36. The summed E-state index contributed by atoms with van der Waals surface area (Å²) in [5.74, 6) is 2.17. The van der Waals surface area contributed by atoms with Crippen LogP contribution in [0.5, 0.6) is 0 Å². The van der Waals surface area contributed by atoms with Gasteiger partial charge in [0.1, 0.15) is 0 Å². The summed E-state index contributed by atoms with van der Waals surface area (Å²) >= 11 is 0. The van der Waals surface area contributed by atoms with Crippen LogP contribution in [0.2, 0.25) is 0 Å². The summed E-state index contributed by atoms with van der Waals surface area (Å²) in [4.78, 5) is 0. The molecule has 0 aromatic carbocycles. The molecule has 2 aliphatic rings. The van der Waals surface area contributed by atoms with Crippen LogP contribution < -0.4 is 5.73 Å². The highest BCUT2D eigenvalue weighted by Gasteiger charge is 2.44. The van der Waals surface area contributed by atoms with Gasteiger partial charge in [0.2, 0.25) is 0 Å². The van der Waals surface area contributed by atoms with Crippen molar-refractivity contribution in [1.82, 2.24) is 0 Å².